The molecule has 0 aliphatic carbocycles. The number of nitro groups is 1. The Labute approximate surface area is 144 Å². The smallest absolute Gasteiger partial charge is 0.411 e. The lowest BCUT2D eigenvalue weighted by Crippen LogP contribution is -2.49. The molecule has 1 N–H and O–H groups in total. The van der Waals surface area contributed by atoms with Crippen LogP contribution in [0.5, 0.6) is 0 Å². The Hall–Kier alpha value is -2.90. The quantitative estimate of drug-likeness (QED) is 0.664. The summed E-state index contributed by atoms with van der Waals surface area (Å²) < 4.78 is 5.30. The standard InChI is InChI=1S/C17H20N2O6/c1-17(2,3)25-16(22)18-10-12(6-9-14(18)15(20)21)11-4-7-13(8-5-11)19(23)24/h4-8,14H,9-10H2,1-3H3,(H,20,21). The second-order valence-electron chi connectivity index (χ2n) is 6.73. The van der Waals surface area contributed by atoms with Crippen LogP contribution in [-0.4, -0.2) is 45.2 Å². The summed E-state index contributed by atoms with van der Waals surface area (Å²) >= 11 is 0. The molecule has 8 heteroatoms. The monoisotopic (exact) mass is 348 g/mol. The van der Waals surface area contributed by atoms with Gasteiger partial charge < -0.3 is 9.84 Å². The summed E-state index contributed by atoms with van der Waals surface area (Å²) in [6, 6.07) is 4.90. The number of benzene rings is 1. The lowest BCUT2D eigenvalue weighted by Gasteiger charge is -2.34. The summed E-state index contributed by atoms with van der Waals surface area (Å²) in [7, 11) is 0. The Morgan fingerprint density at radius 2 is 1.88 bits per heavy atom. The molecule has 0 saturated carbocycles. The minimum Gasteiger partial charge on any atom is -0.480 e. The number of aliphatic carboxylic acids is 1. The van der Waals surface area contributed by atoms with Crippen LogP contribution in [0.3, 0.4) is 0 Å². The average molecular weight is 348 g/mol. The molecule has 1 heterocycles. The Morgan fingerprint density at radius 3 is 2.36 bits per heavy atom. The largest absolute Gasteiger partial charge is 0.480 e. The Morgan fingerprint density at radius 1 is 1.28 bits per heavy atom. The van der Waals surface area contributed by atoms with E-state index < -0.39 is 28.6 Å². The summed E-state index contributed by atoms with van der Waals surface area (Å²) in [5, 5.41) is 20.1. The van der Waals surface area contributed by atoms with Gasteiger partial charge in [-0.15, -0.1) is 0 Å². The van der Waals surface area contributed by atoms with Gasteiger partial charge in [-0.1, -0.05) is 6.08 Å². The van der Waals surface area contributed by atoms with E-state index in [9.17, 15) is 24.8 Å². The minimum atomic E-state index is -1.11. The van der Waals surface area contributed by atoms with E-state index in [1.54, 1.807) is 39.0 Å². The van der Waals surface area contributed by atoms with Crippen molar-refractivity contribution in [1.82, 2.24) is 4.90 Å². The van der Waals surface area contributed by atoms with Crippen LogP contribution in [0.2, 0.25) is 0 Å². The van der Waals surface area contributed by atoms with E-state index >= 15 is 0 Å². The second-order valence-corrected chi connectivity index (χ2v) is 6.73. The molecule has 1 amide bonds. The van der Waals surface area contributed by atoms with Crippen molar-refractivity contribution in [3.05, 3.63) is 46.0 Å². The van der Waals surface area contributed by atoms with Crippen molar-refractivity contribution in [2.24, 2.45) is 0 Å². The predicted molar refractivity (Wildman–Crippen MR) is 90.1 cm³/mol. The fourth-order valence-corrected chi connectivity index (χ4v) is 2.49. The molecule has 1 aliphatic rings. The number of hydrogen-bond donors (Lipinski definition) is 1. The maximum Gasteiger partial charge on any atom is 0.411 e. The van der Waals surface area contributed by atoms with E-state index in [-0.39, 0.29) is 18.7 Å². The van der Waals surface area contributed by atoms with Crippen LogP contribution in [0.4, 0.5) is 10.5 Å². The van der Waals surface area contributed by atoms with Gasteiger partial charge in [-0.25, -0.2) is 9.59 Å². The Bertz CT molecular complexity index is 718. The van der Waals surface area contributed by atoms with Gasteiger partial charge in [-0.05, 0) is 50.5 Å². The molecule has 1 unspecified atom stereocenters. The third-order valence-corrected chi connectivity index (χ3v) is 3.67. The van der Waals surface area contributed by atoms with Crippen molar-refractivity contribution >= 4 is 23.3 Å². The lowest BCUT2D eigenvalue weighted by molar-refractivity contribution is -0.384. The molecule has 8 nitrogen and oxygen atoms in total. The summed E-state index contributed by atoms with van der Waals surface area (Å²) in [6.07, 6.45) is 1.18. The second kappa shape index (κ2) is 6.92. The molecule has 0 spiro atoms. The third kappa shape index (κ3) is 4.56. The first-order valence-electron chi connectivity index (χ1n) is 7.75. The van der Waals surface area contributed by atoms with Crippen LogP contribution < -0.4 is 0 Å². The highest BCUT2D eigenvalue weighted by atomic mass is 16.6. The molecule has 1 aromatic carbocycles. The highest BCUT2D eigenvalue weighted by Crippen LogP contribution is 2.27. The van der Waals surface area contributed by atoms with Gasteiger partial charge in [0.25, 0.3) is 5.69 Å². The van der Waals surface area contributed by atoms with E-state index in [2.05, 4.69) is 0 Å². The van der Waals surface area contributed by atoms with Gasteiger partial charge >= 0.3 is 12.1 Å². The molecule has 1 aliphatic heterocycles. The zero-order valence-corrected chi connectivity index (χ0v) is 14.3. The van der Waals surface area contributed by atoms with Crippen molar-refractivity contribution in [1.29, 1.82) is 0 Å². The average Bonchev–Trinajstić information content (AvgIpc) is 2.52. The number of carbonyl (C=O) groups is 2. The predicted octanol–water partition coefficient (Wildman–Crippen LogP) is 3.07. The first-order valence-corrected chi connectivity index (χ1v) is 7.75. The number of amides is 1. The van der Waals surface area contributed by atoms with Crippen LogP contribution in [0, 0.1) is 10.1 Å². The van der Waals surface area contributed by atoms with E-state index in [0.717, 1.165) is 5.57 Å². The maximum atomic E-state index is 12.4. The van der Waals surface area contributed by atoms with Gasteiger partial charge in [-0.3, -0.25) is 15.0 Å². The molecule has 134 valence electrons. The first-order chi connectivity index (χ1) is 11.6. The van der Waals surface area contributed by atoms with Gasteiger partial charge in [0, 0.05) is 12.1 Å². The number of nitro benzene ring substituents is 1. The molecule has 0 aromatic heterocycles. The molecular weight excluding hydrogens is 328 g/mol. The number of carboxylic acids is 1. The summed E-state index contributed by atoms with van der Waals surface area (Å²) in [5.74, 6) is -1.11. The molecule has 0 bridgehead atoms. The van der Waals surface area contributed by atoms with Gasteiger partial charge in [0.15, 0.2) is 0 Å². The molecule has 1 atom stereocenters. The number of carbonyl (C=O) groups excluding carboxylic acids is 1. The van der Waals surface area contributed by atoms with Crippen molar-refractivity contribution in [3.63, 3.8) is 0 Å². The van der Waals surface area contributed by atoms with Crippen LogP contribution in [0.25, 0.3) is 5.57 Å². The van der Waals surface area contributed by atoms with Gasteiger partial charge in [0.1, 0.15) is 11.6 Å². The van der Waals surface area contributed by atoms with E-state index in [0.29, 0.717) is 5.56 Å². The highest BCUT2D eigenvalue weighted by Gasteiger charge is 2.35. The fraction of sp³-hybridized carbons (Fsp3) is 0.412. The van der Waals surface area contributed by atoms with Crippen molar-refractivity contribution < 1.29 is 24.4 Å². The van der Waals surface area contributed by atoms with Crippen molar-refractivity contribution in [2.45, 2.75) is 38.8 Å². The van der Waals surface area contributed by atoms with Crippen LogP contribution >= 0.6 is 0 Å². The van der Waals surface area contributed by atoms with E-state index in [1.807, 2.05) is 0 Å². The normalized spacial score (nSPS) is 17.6. The molecule has 0 radical (unpaired) electrons. The molecule has 2 rings (SSSR count). The first kappa shape index (κ1) is 18.4. The zero-order chi connectivity index (χ0) is 18.8. The van der Waals surface area contributed by atoms with Crippen LogP contribution in [0.1, 0.15) is 32.8 Å². The number of rotatable bonds is 3. The van der Waals surface area contributed by atoms with Crippen molar-refractivity contribution in [3.8, 4) is 0 Å². The number of hydrogen-bond acceptors (Lipinski definition) is 5. The topological polar surface area (TPSA) is 110 Å². The maximum absolute atomic E-state index is 12.4. The third-order valence-electron chi connectivity index (χ3n) is 3.67. The van der Waals surface area contributed by atoms with E-state index in [4.69, 9.17) is 4.74 Å². The SMILES string of the molecule is CC(C)(C)OC(=O)N1CC(c2ccc([N+](=O)[O-])cc2)=CCC1C(=O)O. The van der Waals surface area contributed by atoms with Gasteiger partial charge in [-0.2, -0.15) is 0 Å². The zero-order valence-electron chi connectivity index (χ0n) is 14.3. The molecule has 0 fully saturated rings. The number of nitrogens with zero attached hydrogens (tertiary/aromatic N) is 2. The Balaban J connectivity index is 2.26. The molecule has 25 heavy (non-hydrogen) atoms. The molecular formula is C17H20N2O6. The molecule has 1 aromatic rings. The fourth-order valence-electron chi connectivity index (χ4n) is 2.49. The van der Waals surface area contributed by atoms with Crippen LogP contribution in [-0.2, 0) is 9.53 Å². The minimum absolute atomic E-state index is 0.0347. The Kier molecular flexibility index (Phi) is 5.10. The van der Waals surface area contributed by atoms with E-state index in [1.165, 1.54) is 17.0 Å². The van der Waals surface area contributed by atoms with Gasteiger partial charge in [0.05, 0.1) is 11.5 Å². The number of ether oxygens (including phenoxy) is 1. The molecule has 0 saturated heterocycles. The number of non-ortho nitro benzene ring substituents is 1. The highest BCUT2D eigenvalue weighted by molar-refractivity contribution is 5.84. The summed E-state index contributed by atoms with van der Waals surface area (Å²) in [4.78, 5) is 35.2. The van der Waals surface area contributed by atoms with Gasteiger partial charge in [0.2, 0.25) is 0 Å². The van der Waals surface area contributed by atoms with Crippen molar-refractivity contribution in [2.75, 3.05) is 6.54 Å². The number of carboxylic acid groups (broad SMARTS) is 1. The summed E-state index contributed by atoms with van der Waals surface area (Å²) in [6.45, 7) is 5.18. The van der Waals surface area contributed by atoms with Crippen LogP contribution in [0.15, 0.2) is 30.3 Å². The lowest BCUT2D eigenvalue weighted by atomic mass is 9.97. The summed E-state index contributed by atoms with van der Waals surface area (Å²) in [5.41, 5.74) is 0.642.